The fraction of sp³-hybridized carbons (Fsp3) is 0.417. The van der Waals surface area contributed by atoms with Crippen LogP contribution in [0.25, 0.3) is 5.70 Å². The molecule has 0 bridgehead atoms. The summed E-state index contributed by atoms with van der Waals surface area (Å²) < 4.78 is 27.3. The van der Waals surface area contributed by atoms with Crippen LogP contribution >= 0.6 is 0 Å². The summed E-state index contributed by atoms with van der Waals surface area (Å²) in [4.78, 5) is 20.2. The number of fused-ring (bicyclic) bond motifs is 1. The smallest absolute Gasteiger partial charge is 0.337 e. The maximum absolute atomic E-state index is 13.7. The first-order valence-electron chi connectivity index (χ1n) is 10.8. The SMILES string of the molecule is C=C1c2cc(C)cc(CNC3=CCCC=C3C(=O)O)c2N=C(N2CCC(F)(F)CC2)N1C. The van der Waals surface area contributed by atoms with Crippen LogP contribution in [0.3, 0.4) is 0 Å². The highest BCUT2D eigenvalue weighted by Crippen LogP contribution is 2.38. The monoisotopic (exact) mass is 442 g/mol. The van der Waals surface area contributed by atoms with Gasteiger partial charge in [0.1, 0.15) is 0 Å². The number of carbonyl (C=O) groups is 1. The van der Waals surface area contributed by atoms with Crippen LogP contribution in [0.2, 0.25) is 0 Å². The predicted octanol–water partition coefficient (Wildman–Crippen LogP) is 4.41. The number of carboxylic acid groups (broad SMARTS) is 1. The van der Waals surface area contributed by atoms with Gasteiger partial charge < -0.3 is 20.2 Å². The van der Waals surface area contributed by atoms with E-state index in [4.69, 9.17) is 4.99 Å². The van der Waals surface area contributed by atoms with Crippen molar-refractivity contribution in [1.29, 1.82) is 0 Å². The van der Waals surface area contributed by atoms with Crippen LogP contribution in [0.1, 0.15) is 42.4 Å². The number of aliphatic carboxylic acids is 1. The molecule has 0 radical (unpaired) electrons. The Bertz CT molecular complexity index is 1050. The molecule has 2 heterocycles. The second-order valence-electron chi connectivity index (χ2n) is 8.55. The van der Waals surface area contributed by atoms with Gasteiger partial charge in [0.2, 0.25) is 5.96 Å². The third-order valence-corrected chi connectivity index (χ3v) is 6.19. The van der Waals surface area contributed by atoms with Gasteiger partial charge in [0.15, 0.2) is 0 Å². The number of nitrogens with one attached hydrogen (secondary N) is 1. The minimum atomic E-state index is -2.63. The molecule has 0 amide bonds. The zero-order valence-electron chi connectivity index (χ0n) is 18.4. The molecule has 0 unspecified atom stereocenters. The Hall–Kier alpha value is -3.16. The van der Waals surface area contributed by atoms with Crippen molar-refractivity contribution in [2.24, 2.45) is 4.99 Å². The normalized spacial score (nSPS) is 20.2. The fourth-order valence-corrected chi connectivity index (χ4v) is 4.37. The summed E-state index contributed by atoms with van der Waals surface area (Å²) >= 11 is 0. The van der Waals surface area contributed by atoms with E-state index in [1.807, 2.05) is 42.0 Å². The number of aliphatic imine (C=N–C) groups is 1. The summed E-state index contributed by atoms with van der Waals surface area (Å²) in [5, 5.41) is 12.7. The van der Waals surface area contributed by atoms with Crippen LogP contribution < -0.4 is 5.32 Å². The molecule has 6 nitrogen and oxygen atoms in total. The van der Waals surface area contributed by atoms with E-state index in [1.54, 1.807) is 6.08 Å². The van der Waals surface area contributed by atoms with Crippen molar-refractivity contribution in [2.45, 2.75) is 45.1 Å². The van der Waals surface area contributed by atoms with Crippen LogP contribution in [0.4, 0.5) is 14.5 Å². The molecule has 0 atom stereocenters. The Kier molecular flexibility index (Phi) is 5.79. The van der Waals surface area contributed by atoms with Gasteiger partial charge in [0.25, 0.3) is 5.92 Å². The molecule has 32 heavy (non-hydrogen) atoms. The quantitative estimate of drug-likeness (QED) is 0.723. The number of likely N-dealkylation sites (tertiary alicyclic amines) is 1. The Labute approximate surface area is 186 Å². The Balaban J connectivity index is 1.64. The Morgan fingerprint density at radius 2 is 1.94 bits per heavy atom. The van der Waals surface area contributed by atoms with Crippen LogP contribution in [-0.4, -0.2) is 52.9 Å². The second kappa shape index (κ2) is 8.41. The molecule has 1 aromatic carbocycles. The number of benzene rings is 1. The number of aryl methyl sites for hydroxylation is 1. The second-order valence-corrected chi connectivity index (χ2v) is 8.55. The van der Waals surface area contributed by atoms with Crippen molar-refractivity contribution in [3.05, 3.63) is 58.8 Å². The molecule has 4 rings (SSSR count). The van der Waals surface area contributed by atoms with Gasteiger partial charge >= 0.3 is 5.97 Å². The number of carboxylic acids is 1. The maximum Gasteiger partial charge on any atom is 0.337 e. The molecule has 0 aromatic heterocycles. The summed E-state index contributed by atoms with van der Waals surface area (Å²) in [5.41, 5.74) is 5.23. The fourth-order valence-electron chi connectivity index (χ4n) is 4.37. The molecule has 1 aromatic rings. The largest absolute Gasteiger partial charge is 0.478 e. The maximum atomic E-state index is 13.7. The van der Waals surface area contributed by atoms with Gasteiger partial charge in [-0.05, 0) is 37.0 Å². The van der Waals surface area contributed by atoms with Crippen LogP contribution in [-0.2, 0) is 11.3 Å². The highest BCUT2D eigenvalue weighted by Gasteiger charge is 2.37. The first kappa shape index (κ1) is 22.0. The summed E-state index contributed by atoms with van der Waals surface area (Å²) in [6, 6.07) is 4.04. The van der Waals surface area contributed by atoms with Crippen molar-refractivity contribution in [2.75, 3.05) is 20.1 Å². The lowest BCUT2D eigenvalue weighted by Gasteiger charge is -2.40. The van der Waals surface area contributed by atoms with Crippen LogP contribution in [0.15, 0.2) is 47.1 Å². The summed E-state index contributed by atoms with van der Waals surface area (Å²) in [7, 11) is 1.86. The number of alkyl halides is 2. The van der Waals surface area contributed by atoms with Gasteiger partial charge in [0, 0.05) is 56.5 Å². The molecule has 0 spiro atoms. The molecule has 1 saturated heterocycles. The van der Waals surface area contributed by atoms with E-state index in [-0.39, 0.29) is 31.5 Å². The minimum Gasteiger partial charge on any atom is -0.478 e. The van der Waals surface area contributed by atoms with Crippen molar-refractivity contribution in [1.82, 2.24) is 15.1 Å². The zero-order valence-corrected chi connectivity index (χ0v) is 18.4. The highest BCUT2D eigenvalue weighted by atomic mass is 19.3. The summed E-state index contributed by atoms with van der Waals surface area (Å²) in [6.07, 6.45) is 4.74. The van der Waals surface area contributed by atoms with Crippen molar-refractivity contribution >= 4 is 23.3 Å². The van der Waals surface area contributed by atoms with E-state index in [0.29, 0.717) is 24.6 Å². The average Bonchev–Trinajstić information content (AvgIpc) is 2.75. The topological polar surface area (TPSA) is 68.2 Å². The number of hydrogen-bond donors (Lipinski definition) is 2. The number of hydrogen-bond acceptors (Lipinski definition) is 5. The van der Waals surface area contributed by atoms with E-state index in [1.165, 1.54) is 0 Å². The molecule has 2 aliphatic heterocycles. The Morgan fingerprint density at radius 1 is 1.25 bits per heavy atom. The van der Waals surface area contributed by atoms with Gasteiger partial charge in [-0.25, -0.2) is 18.6 Å². The van der Waals surface area contributed by atoms with E-state index in [0.717, 1.165) is 34.5 Å². The average molecular weight is 443 g/mol. The molecule has 8 heteroatoms. The molecular formula is C24H28F2N4O2. The van der Waals surface area contributed by atoms with E-state index >= 15 is 0 Å². The number of rotatable bonds is 4. The number of guanidine groups is 1. The molecule has 3 aliphatic rings. The highest BCUT2D eigenvalue weighted by molar-refractivity contribution is 5.97. The molecule has 1 aliphatic carbocycles. The molecule has 170 valence electrons. The van der Waals surface area contributed by atoms with Crippen LogP contribution in [0.5, 0.6) is 0 Å². The van der Waals surface area contributed by atoms with Crippen molar-refractivity contribution in [3.8, 4) is 0 Å². The standard InChI is InChI=1S/C24H28F2N4O2/c1-15-12-17(14-27-20-7-5-4-6-18(20)22(31)32)21-19(13-15)16(2)29(3)23(28-21)30-10-8-24(25,26)9-11-30/h6-7,12-13,27H,2,4-5,8-11,14H2,1,3H3,(H,31,32). The van der Waals surface area contributed by atoms with Gasteiger partial charge in [0.05, 0.1) is 11.3 Å². The summed E-state index contributed by atoms with van der Waals surface area (Å²) in [6.45, 7) is 7.08. The van der Waals surface area contributed by atoms with Gasteiger partial charge in [-0.15, -0.1) is 0 Å². The predicted molar refractivity (Wildman–Crippen MR) is 121 cm³/mol. The lowest BCUT2D eigenvalue weighted by molar-refractivity contribution is -0.132. The van der Waals surface area contributed by atoms with Crippen LogP contribution in [0, 0.1) is 6.92 Å². The lowest BCUT2D eigenvalue weighted by Crippen LogP contribution is -2.48. The first-order chi connectivity index (χ1) is 15.2. The Morgan fingerprint density at radius 3 is 2.62 bits per heavy atom. The van der Waals surface area contributed by atoms with Gasteiger partial charge in [-0.3, -0.25) is 0 Å². The number of allylic oxidation sites excluding steroid dienone is 2. The molecule has 0 saturated carbocycles. The molecule has 2 N–H and O–H groups in total. The van der Waals surface area contributed by atoms with Crippen molar-refractivity contribution < 1.29 is 18.7 Å². The third-order valence-electron chi connectivity index (χ3n) is 6.19. The lowest BCUT2D eigenvalue weighted by atomic mass is 9.98. The van der Waals surface area contributed by atoms with E-state index in [9.17, 15) is 18.7 Å². The van der Waals surface area contributed by atoms with Gasteiger partial charge in [-0.1, -0.05) is 24.8 Å². The third kappa shape index (κ3) is 4.26. The van der Waals surface area contributed by atoms with E-state index < -0.39 is 11.9 Å². The minimum absolute atomic E-state index is 0.194. The molecular weight excluding hydrogens is 414 g/mol. The van der Waals surface area contributed by atoms with Crippen molar-refractivity contribution in [3.63, 3.8) is 0 Å². The number of nitrogens with zero attached hydrogens (tertiary/aromatic N) is 3. The zero-order chi connectivity index (χ0) is 23.0. The van der Waals surface area contributed by atoms with Gasteiger partial charge in [-0.2, -0.15) is 0 Å². The number of halogens is 2. The first-order valence-corrected chi connectivity index (χ1v) is 10.8. The molecule has 1 fully saturated rings. The summed E-state index contributed by atoms with van der Waals surface area (Å²) in [5.74, 6) is -2.97. The van der Waals surface area contributed by atoms with E-state index in [2.05, 4.69) is 11.9 Å². The number of piperidine rings is 1.